The first-order valence-electron chi connectivity index (χ1n) is 12.8. The van der Waals surface area contributed by atoms with Gasteiger partial charge in [-0.05, 0) is 49.4 Å². The van der Waals surface area contributed by atoms with Crippen molar-refractivity contribution < 1.29 is 28.6 Å². The molecule has 5 rings (SSSR count). The lowest BCUT2D eigenvalue weighted by atomic mass is 9.89. The van der Waals surface area contributed by atoms with Gasteiger partial charge in [-0.3, -0.25) is 19.7 Å². The molecule has 9 nitrogen and oxygen atoms in total. The van der Waals surface area contributed by atoms with Gasteiger partial charge < -0.3 is 24.4 Å². The van der Waals surface area contributed by atoms with Gasteiger partial charge in [0.1, 0.15) is 17.9 Å². The van der Waals surface area contributed by atoms with Gasteiger partial charge in [0.2, 0.25) is 11.8 Å². The van der Waals surface area contributed by atoms with Crippen LogP contribution in [0.3, 0.4) is 0 Å². The van der Waals surface area contributed by atoms with Crippen molar-refractivity contribution in [2.24, 2.45) is 0 Å². The van der Waals surface area contributed by atoms with Crippen molar-refractivity contribution in [2.45, 2.75) is 81.7 Å². The van der Waals surface area contributed by atoms with Crippen LogP contribution in [0.1, 0.15) is 67.3 Å². The van der Waals surface area contributed by atoms with Crippen LogP contribution in [-0.4, -0.2) is 73.3 Å². The van der Waals surface area contributed by atoms with E-state index in [1.165, 1.54) is 6.42 Å². The number of benzene rings is 1. The van der Waals surface area contributed by atoms with Gasteiger partial charge in [0.15, 0.2) is 0 Å². The number of carbonyl (C=O) groups is 3. The molecule has 3 fully saturated rings. The van der Waals surface area contributed by atoms with E-state index in [1.807, 2.05) is 12.1 Å². The van der Waals surface area contributed by atoms with E-state index in [-0.39, 0.29) is 36.0 Å². The molecule has 0 spiro atoms. The largest absolute Gasteiger partial charge is 0.489 e. The Hall–Kier alpha value is -2.49. The summed E-state index contributed by atoms with van der Waals surface area (Å²) in [4.78, 5) is 38.3. The monoisotopic (exact) mass is 485 g/mol. The predicted octanol–water partition coefficient (Wildman–Crippen LogP) is 1.92. The summed E-state index contributed by atoms with van der Waals surface area (Å²) in [5.41, 5.74) is 1.27. The number of methoxy groups -OCH3 is 1. The highest BCUT2D eigenvalue weighted by atomic mass is 16.5. The third-order valence-electron chi connectivity index (χ3n) is 8.01. The second kappa shape index (κ2) is 10.2. The maximum atomic E-state index is 13.0. The van der Waals surface area contributed by atoms with Gasteiger partial charge in [0.25, 0.3) is 5.91 Å². The smallest absolute Gasteiger partial charge is 0.255 e. The van der Waals surface area contributed by atoms with Gasteiger partial charge >= 0.3 is 0 Å². The number of nitrogens with zero attached hydrogens (tertiary/aromatic N) is 1. The van der Waals surface area contributed by atoms with E-state index in [2.05, 4.69) is 10.6 Å². The van der Waals surface area contributed by atoms with E-state index in [1.54, 1.807) is 18.1 Å². The van der Waals surface area contributed by atoms with E-state index in [0.717, 1.165) is 63.2 Å². The van der Waals surface area contributed by atoms with Crippen molar-refractivity contribution in [2.75, 3.05) is 26.9 Å². The third kappa shape index (κ3) is 5.08. The number of nitrogens with one attached hydrogen (secondary N) is 2. The molecule has 3 heterocycles. The lowest BCUT2D eigenvalue weighted by molar-refractivity contribution is -0.136. The van der Waals surface area contributed by atoms with Gasteiger partial charge in [-0.15, -0.1) is 0 Å². The summed E-state index contributed by atoms with van der Waals surface area (Å²) in [5.74, 6) is -0.101. The van der Waals surface area contributed by atoms with Crippen LogP contribution in [0.2, 0.25) is 0 Å². The molecule has 2 saturated heterocycles. The molecule has 1 aromatic carbocycles. The van der Waals surface area contributed by atoms with Crippen molar-refractivity contribution >= 4 is 17.7 Å². The number of amides is 3. The molecule has 190 valence electrons. The first-order chi connectivity index (χ1) is 17.0. The van der Waals surface area contributed by atoms with Crippen molar-refractivity contribution in [3.05, 3.63) is 29.3 Å². The van der Waals surface area contributed by atoms with E-state index < -0.39 is 11.9 Å². The molecule has 35 heavy (non-hydrogen) atoms. The molecule has 1 saturated carbocycles. The van der Waals surface area contributed by atoms with Crippen molar-refractivity contribution in [3.63, 3.8) is 0 Å². The number of fused-ring (bicyclic) bond motifs is 1. The van der Waals surface area contributed by atoms with Gasteiger partial charge in [-0.25, -0.2) is 0 Å². The van der Waals surface area contributed by atoms with Gasteiger partial charge in [-0.1, -0.05) is 6.42 Å². The van der Waals surface area contributed by atoms with Gasteiger partial charge in [0, 0.05) is 64.3 Å². The summed E-state index contributed by atoms with van der Waals surface area (Å²) < 4.78 is 17.9. The second-order valence-electron chi connectivity index (χ2n) is 10.1. The quantitative estimate of drug-likeness (QED) is 0.569. The molecule has 1 aliphatic carbocycles. The normalized spacial score (nSPS) is 28.5. The SMILES string of the molecule is COC1(CN[C@H]2CCCC[C@H]2Oc2ccc3c(c2)CN(C2CCC(=O)NC2=O)C3=O)CCOCC1. The Morgan fingerprint density at radius 1 is 1.14 bits per heavy atom. The molecular formula is C26H35N3O6. The molecule has 0 bridgehead atoms. The van der Waals surface area contributed by atoms with E-state index in [9.17, 15) is 14.4 Å². The summed E-state index contributed by atoms with van der Waals surface area (Å²) in [6.07, 6.45) is 6.73. The second-order valence-corrected chi connectivity index (χ2v) is 10.1. The van der Waals surface area contributed by atoms with Crippen LogP contribution >= 0.6 is 0 Å². The highest BCUT2D eigenvalue weighted by Gasteiger charge is 2.39. The summed E-state index contributed by atoms with van der Waals surface area (Å²) in [6, 6.07) is 5.20. The minimum Gasteiger partial charge on any atom is -0.489 e. The zero-order valence-electron chi connectivity index (χ0n) is 20.3. The van der Waals surface area contributed by atoms with Gasteiger partial charge in [0.05, 0.1) is 5.60 Å². The molecule has 1 aromatic rings. The fourth-order valence-corrected chi connectivity index (χ4v) is 5.78. The van der Waals surface area contributed by atoms with Crippen LogP contribution in [0.25, 0.3) is 0 Å². The van der Waals surface area contributed by atoms with Crippen LogP contribution in [0, 0.1) is 0 Å². The fourth-order valence-electron chi connectivity index (χ4n) is 5.78. The molecule has 1 unspecified atom stereocenters. The Morgan fingerprint density at radius 2 is 1.94 bits per heavy atom. The maximum absolute atomic E-state index is 13.0. The number of hydrogen-bond donors (Lipinski definition) is 2. The van der Waals surface area contributed by atoms with Crippen LogP contribution < -0.4 is 15.4 Å². The molecule has 0 aromatic heterocycles. The lowest BCUT2D eigenvalue weighted by Gasteiger charge is -2.39. The van der Waals surface area contributed by atoms with Crippen molar-refractivity contribution in [1.29, 1.82) is 0 Å². The molecule has 4 aliphatic rings. The topological polar surface area (TPSA) is 106 Å². The molecule has 9 heteroatoms. The van der Waals surface area contributed by atoms with E-state index in [4.69, 9.17) is 14.2 Å². The zero-order valence-corrected chi connectivity index (χ0v) is 20.3. The predicted molar refractivity (Wildman–Crippen MR) is 127 cm³/mol. The van der Waals surface area contributed by atoms with Crippen molar-refractivity contribution in [3.8, 4) is 5.75 Å². The highest BCUT2D eigenvalue weighted by Crippen LogP contribution is 2.32. The maximum Gasteiger partial charge on any atom is 0.255 e. The Labute approximate surface area is 205 Å². The first-order valence-corrected chi connectivity index (χ1v) is 12.8. The minimum atomic E-state index is -0.609. The van der Waals surface area contributed by atoms with Crippen LogP contribution in [0.5, 0.6) is 5.75 Å². The van der Waals surface area contributed by atoms with Crippen LogP contribution in [0.4, 0.5) is 0 Å². The van der Waals surface area contributed by atoms with Gasteiger partial charge in [-0.2, -0.15) is 0 Å². The number of carbonyl (C=O) groups excluding carboxylic acids is 3. The fraction of sp³-hybridized carbons (Fsp3) is 0.654. The first kappa shape index (κ1) is 24.2. The Kier molecular flexibility index (Phi) is 7.09. The van der Waals surface area contributed by atoms with E-state index >= 15 is 0 Å². The summed E-state index contributed by atoms with van der Waals surface area (Å²) >= 11 is 0. The standard InChI is InChI=1S/C26H35N3O6/c1-33-26(10-12-34-13-11-26)16-27-20-4-2-3-5-22(20)35-18-6-7-19-17(14-18)15-29(25(19)32)21-8-9-23(30)28-24(21)31/h6-7,14,20-22,27H,2-5,8-13,15-16H2,1H3,(H,28,30,31)/t20-,21?,22+/m0/s1. The Morgan fingerprint density at radius 3 is 2.71 bits per heavy atom. The molecule has 0 radical (unpaired) electrons. The third-order valence-corrected chi connectivity index (χ3v) is 8.01. The number of piperidine rings is 1. The lowest BCUT2D eigenvalue weighted by Crippen LogP contribution is -2.53. The minimum absolute atomic E-state index is 0.0406. The molecule has 3 aliphatic heterocycles. The number of imide groups is 1. The summed E-state index contributed by atoms with van der Waals surface area (Å²) in [6.45, 7) is 2.58. The number of hydrogen-bond acceptors (Lipinski definition) is 7. The highest BCUT2D eigenvalue weighted by molar-refractivity contribution is 6.05. The Bertz CT molecular complexity index is 976. The number of ether oxygens (including phenoxy) is 3. The average Bonchev–Trinajstić information content (AvgIpc) is 3.19. The molecule has 3 atom stereocenters. The van der Waals surface area contributed by atoms with Crippen molar-refractivity contribution in [1.82, 2.24) is 15.5 Å². The average molecular weight is 486 g/mol. The summed E-state index contributed by atoms with van der Waals surface area (Å²) in [7, 11) is 1.78. The van der Waals surface area contributed by atoms with E-state index in [0.29, 0.717) is 18.5 Å². The summed E-state index contributed by atoms with van der Waals surface area (Å²) in [5, 5.41) is 6.08. The van der Waals surface area contributed by atoms with Crippen LogP contribution in [-0.2, 0) is 25.6 Å². The van der Waals surface area contributed by atoms with Crippen LogP contribution in [0.15, 0.2) is 18.2 Å². The molecule has 3 amide bonds. The Balaban J connectivity index is 1.24. The molecule has 2 N–H and O–H groups in total. The zero-order chi connectivity index (χ0) is 24.4. The number of rotatable bonds is 7. The molecular weight excluding hydrogens is 450 g/mol.